The second-order valence-corrected chi connectivity index (χ2v) is 16.6. The molecule has 2 saturated heterocycles. The molecule has 3 aliphatic heterocycles. The maximum atomic E-state index is 16.2. The zero-order chi connectivity index (χ0) is 43.9. The van der Waals surface area contributed by atoms with Crippen LogP contribution in [-0.4, -0.2) is 77.6 Å². The summed E-state index contributed by atoms with van der Waals surface area (Å²) in [6.07, 6.45) is 3.03. The predicted molar refractivity (Wildman–Crippen MR) is 230 cm³/mol. The first-order valence-electron chi connectivity index (χ1n) is 20.8. The highest BCUT2D eigenvalue weighted by Gasteiger charge is 2.50. The van der Waals surface area contributed by atoms with E-state index in [1.165, 1.54) is 25.3 Å². The van der Waals surface area contributed by atoms with Crippen molar-refractivity contribution in [1.29, 1.82) is 0 Å². The van der Waals surface area contributed by atoms with Crippen molar-refractivity contribution in [2.75, 3.05) is 38.6 Å². The number of fused-ring (bicyclic) bond motifs is 2. The van der Waals surface area contributed by atoms with Gasteiger partial charge in [0, 0.05) is 86.2 Å². The molecule has 5 N–H and O–H groups in total. The fourth-order valence-corrected chi connectivity index (χ4v) is 9.60. The van der Waals surface area contributed by atoms with E-state index in [4.69, 9.17) is 26.8 Å². The number of halogens is 3. The number of hydrogen-bond donors (Lipinski definition) is 4. The molecular formula is C46H48ClF2N7O6. The number of imide groups is 1. The van der Waals surface area contributed by atoms with E-state index in [-0.39, 0.29) is 69.9 Å². The molecule has 1 aromatic heterocycles. The van der Waals surface area contributed by atoms with Crippen LogP contribution in [0, 0.1) is 11.6 Å². The van der Waals surface area contributed by atoms with Crippen molar-refractivity contribution in [1.82, 2.24) is 25.3 Å². The molecule has 8 rings (SSSR count). The third kappa shape index (κ3) is 7.72. The molecule has 0 bridgehead atoms. The Bertz CT molecular complexity index is 2580. The molecule has 4 heterocycles. The molecule has 62 heavy (non-hydrogen) atoms. The normalized spacial score (nSPS) is 20.2. The Hall–Kier alpha value is -6.06. The van der Waals surface area contributed by atoms with Gasteiger partial charge in [0.1, 0.15) is 11.6 Å². The molecule has 13 nitrogen and oxygen atoms in total. The second kappa shape index (κ2) is 17.4. The maximum Gasteiger partial charge on any atom is 0.249 e. The van der Waals surface area contributed by atoms with Gasteiger partial charge in [0.2, 0.25) is 23.6 Å². The Morgan fingerprint density at radius 3 is 2.52 bits per heavy atom. The molecule has 2 fully saturated rings. The van der Waals surface area contributed by atoms with Crippen LogP contribution in [0.3, 0.4) is 0 Å². The number of rotatable bonds is 13. The van der Waals surface area contributed by atoms with E-state index in [2.05, 4.69) is 21.0 Å². The number of ether oxygens (including phenoxy) is 2. The van der Waals surface area contributed by atoms with Crippen molar-refractivity contribution < 1.29 is 37.4 Å². The van der Waals surface area contributed by atoms with Crippen LogP contribution in [0.5, 0.6) is 11.5 Å². The zero-order valence-electron chi connectivity index (χ0n) is 34.7. The van der Waals surface area contributed by atoms with Gasteiger partial charge in [0.05, 0.1) is 40.5 Å². The van der Waals surface area contributed by atoms with Crippen LogP contribution in [0.25, 0.3) is 22.0 Å². The Morgan fingerprint density at radius 1 is 1.05 bits per heavy atom. The number of aromatic nitrogens is 2. The standard InChI is InChI=1S/C46H48ClF2N7O6/c1-25-37-34(23-31(48)40(47)39(37)38-28(44(50)59)14-16-33(61-3)41(38)49)62-46(25,26-9-5-4-6-10-26)24-52-27-18-21-56(22-19-27)36(58)13-8-20-51-32-12-7-11-29-42(54-55(2)43(29)32)30-15-17-35(57)53-45(30)60/h4-7,9-12,14,16,23,25,27,30,51-52H,8,13,15,17-22,24H2,1-3H3,(H2,50,59)(H,53,57,60)/t25-,30?,46-/m0/s1. The molecule has 16 heteroatoms. The summed E-state index contributed by atoms with van der Waals surface area (Å²) in [4.78, 5) is 52.3. The largest absolute Gasteiger partial charge is 0.494 e. The fourth-order valence-electron chi connectivity index (χ4n) is 9.35. The number of likely N-dealkylation sites (tertiary alicyclic amines) is 1. The average molecular weight is 868 g/mol. The SMILES string of the molecule is COc1ccc(C(N)=O)c(-c2c(Cl)c(F)cc3c2[C@H](C)[C@@](CNC2CCN(C(=O)CCCNc4cccc5c(C6CCC(=O)NC6=O)nn(C)c45)CC2)(c2ccccc2)O3)c1F. The van der Waals surface area contributed by atoms with Crippen molar-refractivity contribution in [2.24, 2.45) is 12.8 Å². The first-order chi connectivity index (χ1) is 29.8. The van der Waals surface area contributed by atoms with Crippen molar-refractivity contribution in [2.45, 2.75) is 68.9 Å². The number of anilines is 1. The van der Waals surface area contributed by atoms with Crippen molar-refractivity contribution in [3.63, 3.8) is 0 Å². The predicted octanol–water partition coefficient (Wildman–Crippen LogP) is 6.66. The minimum atomic E-state index is -1.09. The minimum Gasteiger partial charge on any atom is -0.494 e. The summed E-state index contributed by atoms with van der Waals surface area (Å²) in [6.45, 7) is 3.87. The van der Waals surface area contributed by atoms with E-state index in [1.54, 1.807) is 4.68 Å². The van der Waals surface area contributed by atoms with Gasteiger partial charge >= 0.3 is 0 Å². The lowest BCUT2D eigenvalue weighted by Gasteiger charge is -2.38. The number of nitrogens with zero attached hydrogens (tertiary/aromatic N) is 3. The summed E-state index contributed by atoms with van der Waals surface area (Å²) < 4.78 is 45.6. The van der Waals surface area contributed by atoms with Crippen LogP contribution in [0.1, 0.15) is 84.5 Å². The van der Waals surface area contributed by atoms with Gasteiger partial charge in [-0.3, -0.25) is 29.2 Å². The van der Waals surface area contributed by atoms with Gasteiger partial charge in [-0.25, -0.2) is 8.78 Å². The van der Waals surface area contributed by atoms with E-state index >= 15 is 8.78 Å². The van der Waals surface area contributed by atoms with Gasteiger partial charge in [-0.05, 0) is 49.4 Å². The number of nitrogens with two attached hydrogens (primary N) is 1. The van der Waals surface area contributed by atoms with E-state index in [9.17, 15) is 19.2 Å². The molecule has 1 unspecified atom stereocenters. The van der Waals surface area contributed by atoms with Crippen LogP contribution < -0.4 is 31.2 Å². The monoisotopic (exact) mass is 867 g/mol. The smallest absolute Gasteiger partial charge is 0.249 e. The van der Waals surface area contributed by atoms with Gasteiger partial charge in [-0.2, -0.15) is 5.10 Å². The molecule has 0 spiro atoms. The van der Waals surface area contributed by atoms with Crippen LogP contribution in [0.4, 0.5) is 14.5 Å². The highest BCUT2D eigenvalue weighted by atomic mass is 35.5. The summed E-state index contributed by atoms with van der Waals surface area (Å²) in [7, 11) is 3.12. The molecule has 4 amide bonds. The number of aryl methyl sites for hydroxylation is 1. The third-order valence-corrected chi connectivity index (χ3v) is 13.0. The number of amides is 4. The summed E-state index contributed by atoms with van der Waals surface area (Å²) in [6, 6.07) is 19.1. The number of carbonyl (C=O) groups is 4. The van der Waals surface area contributed by atoms with Crippen molar-refractivity contribution in [3.8, 4) is 22.6 Å². The average Bonchev–Trinajstić information content (AvgIpc) is 3.75. The Morgan fingerprint density at radius 2 is 1.81 bits per heavy atom. The Kier molecular flexibility index (Phi) is 11.9. The van der Waals surface area contributed by atoms with Crippen LogP contribution >= 0.6 is 11.6 Å². The summed E-state index contributed by atoms with van der Waals surface area (Å²) in [5.74, 6) is -4.22. The summed E-state index contributed by atoms with van der Waals surface area (Å²) in [5, 5.41) is 14.7. The van der Waals surface area contributed by atoms with E-state index in [0.717, 1.165) is 22.2 Å². The quantitative estimate of drug-likeness (QED) is 0.0747. The number of primary amides is 1. The summed E-state index contributed by atoms with van der Waals surface area (Å²) in [5.41, 5.74) is 7.73. The van der Waals surface area contributed by atoms with Gasteiger partial charge in [0.15, 0.2) is 17.2 Å². The molecular weight excluding hydrogens is 820 g/mol. The lowest BCUT2D eigenvalue weighted by molar-refractivity contribution is -0.134. The number of para-hydroxylation sites is 1. The van der Waals surface area contributed by atoms with Gasteiger partial charge in [-0.1, -0.05) is 61.0 Å². The van der Waals surface area contributed by atoms with Crippen molar-refractivity contribution >= 4 is 51.8 Å². The Balaban J connectivity index is 0.920. The van der Waals surface area contributed by atoms with Crippen LogP contribution in [-0.2, 0) is 27.0 Å². The number of piperidine rings is 2. The zero-order valence-corrected chi connectivity index (χ0v) is 35.4. The van der Waals surface area contributed by atoms with Gasteiger partial charge in [0.25, 0.3) is 0 Å². The van der Waals surface area contributed by atoms with E-state index < -0.39 is 35.0 Å². The lowest BCUT2D eigenvalue weighted by atomic mass is 9.77. The Labute approximate surface area is 362 Å². The van der Waals surface area contributed by atoms with Crippen LogP contribution in [0.15, 0.2) is 66.7 Å². The molecule has 3 aliphatic rings. The van der Waals surface area contributed by atoms with Gasteiger partial charge in [-0.15, -0.1) is 0 Å². The number of hydrogen-bond acceptors (Lipinski definition) is 9. The topological polar surface area (TPSA) is 170 Å². The molecule has 5 aromatic rings. The molecule has 0 radical (unpaired) electrons. The third-order valence-electron chi connectivity index (χ3n) is 12.6. The highest BCUT2D eigenvalue weighted by Crippen LogP contribution is 2.56. The minimum absolute atomic E-state index is 0.0212. The first kappa shape index (κ1) is 42.6. The molecule has 0 saturated carbocycles. The number of carbonyl (C=O) groups excluding carboxylic acids is 4. The first-order valence-corrected chi connectivity index (χ1v) is 21.2. The summed E-state index contributed by atoms with van der Waals surface area (Å²) >= 11 is 6.66. The maximum absolute atomic E-state index is 16.2. The molecule has 4 aromatic carbocycles. The molecule has 0 aliphatic carbocycles. The van der Waals surface area contributed by atoms with E-state index in [0.29, 0.717) is 63.0 Å². The second-order valence-electron chi connectivity index (χ2n) is 16.2. The fraction of sp³-hybridized carbons (Fsp3) is 0.370. The van der Waals surface area contributed by atoms with Crippen molar-refractivity contribution in [3.05, 3.63) is 106 Å². The lowest BCUT2D eigenvalue weighted by Crippen LogP contribution is -2.50. The highest BCUT2D eigenvalue weighted by molar-refractivity contribution is 6.34. The number of nitrogens with one attached hydrogen (secondary N) is 3. The molecule has 3 atom stereocenters. The number of methoxy groups -OCH3 is 1. The number of benzene rings is 4. The van der Waals surface area contributed by atoms with Gasteiger partial charge < -0.3 is 30.7 Å². The van der Waals surface area contributed by atoms with Crippen LogP contribution in [0.2, 0.25) is 5.02 Å². The van der Waals surface area contributed by atoms with E-state index in [1.807, 2.05) is 67.4 Å². The molecule has 324 valence electrons.